The third-order valence-corrected chi connectivity index (χ3v) is 4.89. The second-order valence-corrected chi connectivity index (χ2v) is 6.78. The minimum absolute atomic E-state index is 0.0408. The van der Waals surface area contributed by atoms with Crippen LogP contribution in [0.15, 0.2) is 79.0 Å². The Hall–Kier alpha value is -3.93. The van der Waals surface area contributed by atoms with Gasteiger partial charge in [-0.15, -0.1) is 0 Å². The number of phenolic OH excluding ortho intramolecular Hbond substituents is 1. The van der Waals surface area contributed by atoms with Gasteiger partial charge in [-0.05, 0) is 42.0 Å². The lowest BCUT2D eigenvalue weighted by atomic mass is 9.95. The molecule has 0 fully saturated rings. The Morgan fingerprint density at radius 1 is 1.07 bits per heavy atom. The second kappa shape index (κ2) is 8.21. The Morgan fingerprint density at radius 2 is 1.87 bits per heavy atom. The summed E-state index contributed by atoms with van der Waals surface area (Å²) in [5.74, 6) is -0.761. The highest BCUT2D eigenvalue weighted by Crippen LogP contribution is 2.36. The molecular formula is C24H19FN2O3. The molecule has 1 atom stereocenters. The Labute approximate surface area is 172 Å². The maximum absolute atomic E-state index is 13.5. The van der Waals surface area contributed by atoms with E-state index < -0.39 is 12.0 Å². The number of hydrogen-bond donors (Lipinski definition) is 2. The highest BCUT2D eigenvalue weighted by Gasteiger charge is 2.20. The van der Waals surface area contributed by atoms with E-state index in [1.165, 1.54) is 19.2 Å². The van der Waals surface area contributed by atoms with Crippen LogP contribution in [0, 0.1) is 5.82 Å². The summed E-state index contributed by atoms with van der Waals surface area (Å²) in [6.07, 6.45) is 1.62. The minimum Gasteiger partial charge on any atom is -0.505 e. The van der Waals surface area contributed by atoms with Gasteiger partial charge in [-0.3, -0.25) is 4.98 Å². The molecule has 0 spiro atoms. The topological polar surface area (TPSA) is 71.5 Å². The number of phenols is 1. The predicted octanol–water partition coefficient (Wildman–Crippen LogP) is 5.07. The van der Waals surface area contributed by atoms with Crippen LogP contribution in [0.3, 0.4) is 0 Å². The third-order valence-electron chi connectivity index (χ3n) is 4.89. The van der Waals surface area contributed by atoms with Crippen molar-refractivity contribution in [2.45, 2.75) is 6.04 Å². The molecule has 0 amide bonds. The smallest absolute Gasteiger partial charge is 0.337 e. The number of aromatic nitrogens is 1. The molecule has 2 N–H and O–H groups in total. The van der Waals surface area contributed by atoms with E-state index in [9.17, 15) is 14.3 Å². The average molecular weight is 402 g/mol. The number of nitrogens with one attached hydrogen (secondary N) is 1. The first-order chi connectivity index (χ1) is 14.6. The number of pyridine rings is 1. The lowest BCUT2D eigenvalue weighted by Crippen LogP contribution is -2.13. The summed E-state index contributed by atoms with van der Waals surface area (Å²) in [5.41, 5.74) is 2.84. The van der Waals surface area contributed by atoms with Crippen molar-refractivity contribution < 1.29 is 19.0 Å². The van der Waals surface area contributed by atoms with Crippen molar-refractivity contribution in [3.63, 3.8) is 0 Å². The van der Waals surface area contributed by atoms with Crippen LogP contribution in [0.1, 0.15) is 27.5 Å². The molecule has 3 aromatic carbocycles. The number of benzene rings is 3. The van der Waals surface area contributed by atoms with Gasteiger partial charge in [-0.25, -0.2) is 9.18 Å². The van der Waals surface area contributed by atoms with Crippen molar-refractivity contribution in [3.05, 3.63) is 102 Å². The molecular weight excluding hydrogens is 383 g/mol. The van der Waals surface area contributed by atoms with Crippen LogP contribution in [0.25, 0.3) is 10.9 Å². The molecule has 30 heavy (non-hydrogen) atoms. The molecule has 6 heteroatoms. The van der Waals surface area contributed by atoms with Crippen molar-refractivity contribution in [2.24, 2.45) is 0 Å². The van der Waals surface area contributed by atoms with E-state index in [0.717, 1.165) is 10.9 Å². The molecule has 0 aliphatic carbocycles. The lowest BCUT2D eigenvalue weighted by molar-refractivity contribution is 0.0601. The number of esters is 1. The fourth-order valence-corrected chi connectivity index (χ4v) is 3.39. The number of halogens is 1. The number of nitrogens with zero attached hydrogens (tertiary/aromatic N) is 1. The molecule has 1 heterocycles. The zero-order valence-corrected chi connectivity index (χ0v) is 16.2. The summed E-state index contributed by atoms with van der Waals surface area (Å²) in [4.78, 5) is 16.2. The first-order valence-electron chi connectivity index (χ1n) is 9.34. The molecule has 0 aliphatic heterocycles. The van der Waals surface area contributed by atoms with Crippen molar-refractivity contribution in [1.29, 1.82) is 0 Å². The number of ether oxygens (including phenoxy) is 1. The molecule has 4 aromatic rings. The number of carbonyl (C=O) groups excluding carboxylic acids is 1. The van der Waals surface area contributed by atoms with E-state index in [0.29, 0.717) is 22.3 Å². The van der Waals surface area contributed by atoms with E-state index in [1.54, 1.807) is 48.7 Å². The Morgan fingerprint density at radius 3 is 2.63 bits per heavy atom. The van der Waals surface area contributed by atoms with Crippen molar-refractivity contribution in [2.75, 3.05) is 12.4 Å². The first-order valence-corrected chi connectivity index (χ1v) is 9.34. The van der Waals surface area contributed by atoms with Gasteiger partial charge in [0, 0.05) is 22.8 Å². The molecule has 1 aromatic heterocycles. The van der Waals surface area contributed by atoms with E-state index >= 15 is 0 Å². The molecule has 0 aliphatic rings. The molecule has 150 valence electrons. The van der Waals surface area contributed by atoms with Crippen molar-refractivity contribution in [1.82, 2.24) is 4.98 Å². The number of carbonyl (C=O) groups is 1. The molecule has 5 nitrogen and oxygen atoms in total. The predicted molar refractivity (Wildman–Crippen MR) is 113 cm³/mol. The van der Waals surface area contributed by atoms with E-state index in [4.69, 9.17) is 4.74 Å². The molecule has 0 radical (unpaired) electrons. The van der Waals surface area contributed by atoms with Gasteiger partial charge in [0.15, 0.2) is 0 Å². The van der Waals surface area contributed by atoms with Gasteiger partial charge in [-0.1, -0.05) is 36.4 Å². The SMILES string of the molecule is COC(=O)c1cccc(NC(c2ccc(F)cc2)c2ccc3cccnc3c2O)c1. The number of fused-ring (bicyclic) bond motifs is 1. The standard InChI is InChI=1S/C24H19FN2O3/c1-30-24(29)17-4-2-6-19(14-17)27-21(16-7-10-18(25)11-8-16)20-12-9-15-5-3-13-26-22(15)23(20)28/h2-14,21,27-28H,1H3. The van der Waals surface area contributed by atoms with Gasteiger partial charge >= 0.3 is 5.97 Å². The second-order valence-electron chi connectivity index (χ2n) is 6.78. The van der Waals surface area contributed by atoms with Crippen LogP contribution in [-0.4, -0.2) is 23.2 Å². The van der Waals surface area contributed by atoms with E-state index in [2.05, 4.69) is 10.3 Å². The van der Waals surface area contributed by atoms with Crippen LogP contribution >= 0.6 is 0 Å². The number of anilines is 1. The van der Waals surface area contributed by atoms with Crippen molar-refractivity contribution >= 4 is 22.6 Å². The Bertz CT molecular complexity index is 1210. The summed E-state index contributed by atoms with van der Waals surface area (Å²) >= 11 is 0. The van der Waals surface area contributed by atoms with Crippen LogP contribution < -0.4 is 5.32 Å². The van der Waals surface area contributed by atoms with Crippen LogP contribution in [0.4, 0.5) is 10.1 Å². The molecule has 0 saturated heterocycles. The molecule has 4 rings (SSSR count). The van der Waals surface area contributed by atoms with Gasteiger partial charge in [0.25, 0.3) is 0 Å². The normalized spacial score (nSPS) is 11.8. The molecule has 0 saturated carbocycles. The number of hydrogen-bond acceptors (Lipinski definition) is 5. The molecule has 1 unspecified atom stereocenters. The Kier molecular flexibility index (Phi) is 5.30. The summed E-state index contributed by atoms with van der Waals surface area (Å²) in [7, 11) is 1.32. The largest absolute Gasteiger partial charge is 0.505 e. The first kappa shape index (κ1) is 19.4. The highest BCUT2D eigenvalue weighted by molar-refractivity contribution is 5.90. The summed E-state index contributed by atoms with van der Waals surface area (Å²) in [6, 6.07) is 19.7. The quantitative estimate of drug-likeness (QED) is 0.456. The summed E-state index contributed by atoms with van der Waals surface area (Å²) in [5, 5.41) is 15.1. The fraction of sp³-hybridized carbons (Fsp3) is 0.0833. The van der Waals surface area contributed by atoms with Gasteiger partial charge in [0.2, 0.25) is 0 Å². The van der Waals surface area contributed by atoms with Crippen LogP contribution in [0.2, 0.25) is 0 Å². The number of rotatable bonds is 5. The van der Waals surface area contributed by atoms with Gasteiger partial charge in [-0.2, -0.15) is 0 Å². The zero-order valence-electron chi connectivity index (χ0n) is 16.2. The van der Waals surface area contributed by atoms with Crippen LogP contribution in [-0.2, 0) is 4.74 Å². The monoisotopic (exact) mass is 402 g/mol. The summed E-state index contributed by atoms with van der Waals surface area (Å²) < 4.78 is 18.3. The van der Waals surface area contributed by atoms with Gasteiger partial charge < -0.3 is 15.2 Å². The van der Waals surface area contributed by atoms with Crippen LogP contribution in [0.5, 0.6) is 5.75 Å². The minimum atomic E-state index is -0.509. The fourth-order valence-electron chi connectivity index (χ4n) is 3.39. The Balaban J connectivity index is 1.81. The highest BCUT2D eigenvalue weighted by atomic mass is 19.1. The van der Waals surface area contributed by atoms with E-state index in [1.807, 2.05) is 18.2 Å². The summed E-state index contributed by atoms with van der Waals surface area (Å²) in [6.45, 7) is 0. The number of aromatic hydroxyl groups is 1. The van der Waals surface area contributed by atoms with Gasteiger partial charge in [0.1, 0.15) is 17.1 Å². The number of methoxy groups -OCH3 is 1. The van der Waals surface area contributed by atoms with Gasteiger partial charge in [0.05, 0.1) is 18.7 Å². The third kappa shape index (κ3) is 3.80. The zero-order chi connectivity index (χ0) is 21.1. The van der Waals surface area contributed by atoms with E-state index in [-0.39, 0.29) is 11.6 Å². The lowest BCUT2D eigenvalue weighted by Gasteiger charge is -2.23. The maximum atomic E-state index is 13.5. The average Bonchev–Trinajstić information content (AvgIpc) is 2.78. The molecule has 0 bridgehead atoms. The maximum Gasteiger partial charge on any atom is 0.337 e. The van der Waals surface area contributed by atoms with Crippen molar-refractivity contribution in [3.8, 4) is 5.75 Å².